The summed E-state index contributed by atoms with van der Waals surface area (Å²) in [5, 5.41) is 9.37. The maximum atomic E-state index is 9.37. The second-order valence-corrected chi connectivity index (χ2v) is 7.23. The second-order valence-electron chi connectivity index (χ2n) is 7.23. The van der Waals surface area contributed by atoms with E-state index in [1.54, 1.807) is 0 Å². The van der Waals surface area contributed by atoms with Crippen LogP contribution in [0, 0.1) is 13.8 Å². The first-order chi connectivity index (χ1) is 14.2. The van der Waals surface area contributed by atoms with Gasteiger partial charge in [0.05, 0.1) is 6.61 Å². The molecule has 29 heavy (non-hydrogen) atoms. The number of hydrogen-bond donors (Lipinski definition) is 1. The number of aliphatic hydroxyl groups is 1. The third-order valence-corrected chi connectivity index (χ3v) is 4.94. The fourth-order valence-corrected chi connectivity index (χ4v) is 3.21. The van der Waals surface area contributed by atoms with Crippen LogP contribution in [-0.4, -0.2) is 11.7 Å². The molecule has 0 atom stereocenters. The number of hydrogen-bond acceptors (Lipinski definition) is 1. The van der Waals surface area contributed by atoms with Gasteiger partial charge >= 0.3 is 0 Å². The second kappa shape index (κ2) is 10.4. The Bertz CT molecular complexity index is 988. The summed E-state index contributed by atoms with van der Waals surface area (Å²) in [6.07, 6.45) is 9.18. The fourth-order valence-electron chi connectivity index (χ4n) is 3.21. The van der Waals surface area contributed by atoms with Crippen LogP contribution in [0.5, 0.6) is 0 Å². The smallest absolute Gasteiger partial charge is 0.0684 e. The molecule has 0 radical (unpaired) electrons. The predicted octanol–water partition coefficient (Wildman–Crippen LogP) is 6.92. The Morgan fingerprint density at radius 3 is 1.83 bits per heavy atom. The lowest BCUT2D eigenvalue weighted by Gasteiger charge is -2.09. The van der Waals surface area contributed by atoms with Crippen LogP contribution in [0.3, 0.4) is 0 Å². The number of aliphatic hydroxyl groups excluding tert-OH is 1. The Morgan fingerprint density at radius 2 is 1.24 bits per heavy atom. The van der Waals surface area contributed by atoms with Gasteiger partial charge in [0.2, 0.25) is 0 Å². The monoisotopic (exact) mass is 380 g/mol. The molecule has 0 bridgehead atoms. The summed E-state index contributed by atoms with van der Waals surface area (Å²) >= 11 is 0. The molecule has 0 spiro atoms. The van der Waals surface area contributed by atoms with Crippen molar-refractivity contribution < 1.29 is 5.11 Å². The molecule has 0 fully saturated rings. The van der Waals surface area contributed by atoms with Gasteiger partial charge in [-0.05, 0) is 48.1 Å². The minimum atomic E-state index is 0.0986. The predicted molar refractivity (Wildman–Crippen MR) is 125 cm³/mol. The highest BCUT2D eigenvalue weighted by atomic mass is 16.3. The van der Waals surface area contributed by atoms with E-state index in [0.29, 0.717) is 0 Å². The van der Waals surface area contributed by atoms with Crippen molar-refractivity contribution in [2.45, 2.75) is 20.3 Å². The summed E-state index contributed by atoms with van der Waals surface area (Å²) in [6.45, 7) is 4.28. The average Bonchev–Trinajstić information content (AvgIpc) is 3.01. The molecule has 0 amide bonds. The Morgan fingerprint density at radius 1 is 0.690 bits per heavy atom. The molecule has 0 saturated carbocycles. The van der Waals surface area contributed by atoms with Crippen LogP contribution in [0.4, 0.5) is 0 Å². The normalized spacial score (nSPS) is 12.9. The van der Waals surface area contributed by atoms with E-state index in [1.165, 1.54) is 22.3 Å². The molecule has 1 nitrogen and oxygen atoms in total. The Kier molecular flexibility index (Phi) is 7.38. The van der Waals surface area contributed by atoms with Crippen LogP contribution in [0.15, 0.2) is 109 Å². The Balaban J connectivity index is 0.000000169. The first kappa shape index (κ1) is 20.6. The standard InChI is InChI=1S/C15H16O.C13H12/c1-12-7-9-13(10-8-12)15-6-4-2-3-5-14(15)11-16;1-11-7-9-13(10-8-11)12-5-3-2-4-6-12/h2,4-10,16H,3,11H2,1H3;2-10H,1H3. The van der Waals surface area contributed by atoms with E-state index in [0.717, 1.165) is 23.1 Å². The highest BCUT2D eigenvalue weighted by Crippen LogP contribution is 2.25. The van der Waals surface area contributed by atoms with E-state index in [9.17, 15) is 5.11 Å². The molecule has 0 saturated heterocycles. The molecule has 0 aromatic heterocycles. The number of rotatable bonds is 3. The zero-order valence-electron chi connectivity index (χ0n) is 17.2. The third kappa shape index (κ3) is 5.91. The molecule has 0 heterocycles. The van der Waals surface area contributed by atoms with Gasteiger partial charge < -0.3 is 5.11 Å². The topological polar surface area (TPSA) is 20.2 Å². The van der Waals surface area contributed by atoms with Crippen LogP contribution in [0.1, 0.15) is 23.1 Å². The SMILES string of the molecule is Cc1ccc(-c2ccccc2)cc1.Cc1ccc(C2=CC=CCC=C2CO)cc1. The first-order valence-electron chi connectivity index (χ1n) is 10.0. The molecule has 1 aliphatic carbocycles. The molecule has 0 unspecified atom stereocenters. The van der Waals surface area contributed by atoms with Gasteiger partial charge in [-0.15, -0.1) is 0 Å². The molecular formula is C28H28O. The van der Waals surface area contributed by atoms with E-state index >= 15 is 0 Å². The van der Waals surface area contributed by atoms with Gasteiger partial charge in [0.25, 0.3) is 0 Å². The van der Waals surface area contributed by atoms with Crippen molar-refractivity contribution in [3.63, 3.8) is 0 Å². The summed E-state index contributed by atoms with van der Waals surface area (Å²) in [7, 11) is 0. The molecule has 3 aromatic carbocycles. The molecule has 146 valence electrons. The quantitative estimate of drug-likeness (QED) is 0.523. The molecule has 1 N–H and O–H groups in total. The van der Waals surface area contributed by atoms with E-state index in [-0.39, 0.29) is 6.61 Å². The average molecular weight is 381 g/mol. The van der Waals surface area contributed by atoms with Crippen LogP contribution in [0.25, 0.3) is 16.7 Å². The van der Waals surface area contributed by atoms with Gasteiger partial charge in [-0.3, -0.25) is 0 Å². The van der Waals surface area contributed by atoms with Crippen molar-refractivity contribution in [1.29, 1.82) is 0 Å². The van der Waals surface area contributed by atoms with Crippen molar-refractivity contribution in [2.24, 2.45) is 0 Å². The highest BCUT2D eigenvalue weighted by Gasteiger charge is 2.07. The minimum absolute atomic E-state index is 0.0986. The summed E-state index contributed by atoms with van der Waals surface area (Å²) in [6, 6.07) is 27.4. The van der Waals surface area contributed by atoms with Crippen molar-refractivity contribution in [3.8, 4) is 11.1 Å². The molecule has 3 aromatic rings. The molecular weight excluding hydrogens is 352 g/mol. The third-order valence-electron chi connectivity index (χ3n) is 4.94. The van der Waals surface area contributed by atoms with E-state index in [1.807, 2.05) is 12.1 Å². The van der Waals surface area contributed by atoms with Crippen molar-refractivity contribution in [1.82, 2.24) is 0 Å². The van der Waals surface area contributed by atoms with Crippen molar-refractivity contribution in [3.05, 3.63) is 125 Å². The fraction of sp³-hybridized carbons (Fsp3) is 0.143. The lowest BCUT2D eigenvalue weighted by molar-refractivity contribution is 0.336. The lowest BCUT2D eigenvalue weighted by atomic mass is 9.97. The van der Waals surface area contributed by atoms with E-state index < -0.39 is 0 Å². The number of benzene rings is 3. The number of allylic oxidation sites excluding steroid dienone is 4. The van der Waals surface area contributed by atoms with Crippen LogP contribution >= 0.6 is 0 Å². The summed E-state index contributed by atoms with van der Waals surface area (Å²) < 4.78 is 0. The van der Waals surface area contributed by atoms with E-state index in [2.05, 4.69) is 105 Å². The highest BCUT2D eigenvalue weighted by molar-refractivity contribution is 5.80. The van der Waals surface area contributed by atoms with Gasteiger partial charge in [-0.1, -0.05) is 114 Å². The molecule has 4 rings (SSSR count). The Hall–Kier alpha value is -3.16. The van der Waals surface area contributed by atoms with Crippen molar-refractivity contribution >= 4 is 5.57 Å². The maximum Gasteiger partial charge on any atom is 0.0684 e. The lowest BCUT2D eigenvalue weighted by Crippen LogP contribution is -1.95. The summed E-state index contributed by atoms with van der Waals surface area (Å²) in [5.41, 5.74) is 8.42. The maximum absolute atomic E-state index is 9.37. The zero-order valence-corrected chi connectivity index (χ0v) is 17.2. The van der Waals surface area contributed by atoms with Crippen molar-refractivity contribution in [2.75, 3.05) is 6.61 Å². The van der Waals surface area contributed by atoms with Gasteiger partial charge in [0, 0.05) is 0 Å². The number of aryl methyl sites for hydroxylation is 2. The Labute approximate surface area is 174 Å². The molecule has 1 aliphatic rings. The summed E-state index contributed by atoms with van der Waals surface area (Å²) in [5.74, 6) is 0. The van der Waals surface area contributed by atoms with Crippen LogP contribution in [0.2, 0.25) is 0 Å². The largest absolute Gasteiger partial charge is 0.392 e. The summed E-state index contributed by atoms with van der Waals surface area (Å²) in [4.78, 5) is 0. The van der Waals surface area contributed by atoms with Gasteiger partial charge in [0.1, 0.15) is 0 Å². The van der Waals surface area contributed by atoms with Gasteiger partial charge in [-0.2, -0.15) is 0 Å². The van der Waals surface area contributed by atoms with Gasteiger partial charge in [0.15, 0.2) is 0 Å². The molecule has 0 aliphatic heterocycles. The zero-order chi connectivity index (χ0) is 20.5. The van der Waals surface area contributed by atoms with Gasteiger partial charge in [-0.25, -0.2) is 0 Å². The van der Waals surface area contributed by atoms with Crippen LogP contribution < -0.4 is 0 Å². The first-order valence-corrected chi connectivity index (χ1v) is 10.0. The van der Waals surface area contributed by atoms with E-state index in [4.69, 9.17) is 0 Å². The minimum Gasteiger partial charge on any atom is -0.392 e. The molecule has 1 heteroatoms. The van der Waals surface area contributed by atoms with Crippen LogP contribution in [-0.2, 0) is 0 Å².